The number of nitrogens with one attached hydrogen (secondary N) is 1. The van der Waals surface area contributed by atoms with E-state index in [1.54, 1.807) is 13.0 Å². The van der Waals surface area contributed by atoms with Crippen molar-refractivity contribution in [1.29, 1.82) is 0 Å². The number of hydrogen-bond donors (Lipinski definition) is 1. The molecule has 0 saturated carbocycles. The Balaban J connectivity index is 2.90. The van der Waals surface area contributed by atoms with Gasteiger partial charge >= 0.3 is 6.18 Å². The van der Waals surface area contributed by atoms with Crippen LogP contribution in [0.2, 0.25) is 0 Å². The minimum absolute atomic E-state index is 0.143. The second-order valence-corrected chi connectivity index (χ2v) is 6.27. The van der Waals surface area contributed by atoms with E-state index in [0.717, 1.165) is 18.5 Å². The fourth-order valence-electron chi connectivity index (χ4n) is 2.41. The molecule has 0 aromatic heterocycles. The molecule has 1 aromatic carbocycles. The van der Waals surface area contributed by atoms with Crippen LogP contribution in [0.15, 0.2) is 18.2 Å². The average molecular weight is 287 g/mol. The van der Waals surface area contributed by atoms with Crippen molar-refractivity contribution in [3.8, 4) is 0 Å². The van der Waals surface area contributed by atoms with Crippen LogP contribution in [0.3, 0.4) is 0 Å². The van der Waals surface area contributed by atoms with Gasteiger partial charge in [0, 0.05) is 6.04 Å². The van der Waals surface area contributed by atoms with Gasteiger partial charge in [-0.15, -0.1) is 0 Å². The predicted octanol–water partition coefficient (Wildman–Crippen LogP) is 4.68. The van der Waals surface area contributed by atoms with E-state index in [-0.39, 0.29) is 5.41 Å². The highest BCUT2D eigenvalue weighted by Crippen LogP contribution is 2.34. The third-order valence-corrected chi connectivity index (χ3v) is 3.59. The number of halogens is 3. The van der Waals surface area contributed by atoms with E-state index in [9.17, 15) is 13.2 Å². The number of alkyl halides is 3. The van der Waals surface area contributed by atoms with E-state index in [2.05, 4.69) is 33.0 Å². The summed E-state index contributed by atoms with van der Waals surface area (Å²) < 4.78 is 38.0. The number of hydrogen-bond acceptors (Lipinski definition) is 1. The molecule has 0 aliphatic heterocycles. The molecular formula is C16H24F3N. The fourth-order valence-corrected chi connectivity index (χ4v) is 2.41. The van der Waals surface area contributed by atoms with Gasteiger partial charge in [-0.1, -0.05) is 33.8 Å². The Morgan fingerprint density at radius 3 is 2.20 bits per heavy atom. The summed E-state index contributed by atoms with van der Waals surface area (Å²) in [5.41, 5.74) is 0.969. The Kier molecular flexibility index (Phi) is 5.25. The first-order valence-electron chi connectivity index (χ1n) is 6.96. The molecule has 114 valence electrons. The molecule has 0 atom stereocenters. The standard InChI is InChI=1S/C16H24F3N/c1-11(2)20-9-8-15(4,5)14-7-6-13(10-12(14)3)16(17,18)19/h6-7,10-11,20H,8-9H2,1-5H3. The highest BCUT2D eigenvalue weighted by Gasteiger charge is 2.32. The van der Waals surface area contributed by atoms with Crippen LogP contribution in [0.25, 0.3) is 0 Å². The van der Waals surface area contributed by atoms with Crippen LogP contribution < -0.4 is 5.32 Å². The smallest absolute Gasteiger partial charge is 0.315 e. The van der Waals surface area contributed by atoms with E-state index in [0.29, 0.717) is 11.6 Å². The van der Waals surface area contributed by atoms with Gasteiger partial charge in [0.1, 0.15) is 0 Å². The first kappa shape index (κ1) is 17.0. The molecule has 0 bridgehead atoms. The summed E-state index contributed by atoms with van der Waals surface area (Å²) >= 11 is 0. The van der Waals surface area contributed by atoms with Gasteiger partial charge in [0.2, 0.25) is 0 Å². The van der Waals surface area contributed by atoms with E-state index in [4.69, 9.17) is 0 Å². The molecule has 0 saturated heterocycles. The van der Waals surface area contributed by atoms with Gasteiger partial charge in [0.25, 0.3) is 0 Å². The largest absolute Gasteiger partial charge is 0.416 e. The lowest BCUT2D eigenvalue weighted by atomic mass is 9.79. The molecule has 4 heteroatoms. The van der Waals surface area contributed by atoms with Crippen LogP contribution in [-0.4, -0.2) is 12.6 Å². The molecule has 0 spiro atoms. The summed E-state index contributed by atoms with van der Waals surface area (Å²) in [6, 6.07) is 4.46. The third kappa shape index (κ3) is 4.51. The maximum atomic E-state index is 12.7. The average Bonchev–Trinajstić information content (AvgIpc) is 2.26. The van der Waals surface area contributed by atoms with E-state index in [1.807, 2.05) is 0 Å². The summed E-state index contributed by atoms with van der Waals surface area (Å²) in [5.74, 6) is 0. The van der Waals surface area contributed by atoms with Gasteiger partial charge in [-0.25, -0.2) is 0 Å². The normalized spacial score (nSPS) is 13.1. The van der Waals surface area contributed by atoms with Gasteiger partial charge in [0.15, 0.2) is 0 Å². The minimum atomic E-state index is -4.27. The van der Waals surface area contributed by atoms with Gasteiger partial charge in [-0.3, -0.25) is 0 Å². The zero-order valence-corrected chi connectivity index (χ0v) is 12.9. The maximum Gasteiger partial charge on any atom is 0.416 e. The molecule has 20 heavy (non-hydrogen) atoms. The van der Waals surface area contributed by atoms with E-state index >= 15 is 0 Å². The molecule has 1 N–H and O–H groups in total. The highest BCUT2D eigenvalue weighted by atomic mass is 19.4. The molecule has 0 aliphatic rings. The van der Waals surface area contributed by atoms with Gasteiger partial charge < -0.3 is 5.32 Å². The second-order valence-electron chi connectivity index (χ2n) is 6.27. The summed E-state index contributed by atoms with van der Waals surface area (Å²) in [6.07, 6.45) is -3.38. The number of rotatable bonds is 5. The summed E-state index contributed by atoms with van der Waals surface area (Å²) in [5, 5.41) is 3.35. The second kappa shape index (κ2) is 6.17. The molecule has 0 heterocycles. The Morgan fingerprint density at radius 1 is 1.15 bits per heavy atom. The quantitative estimate of drug-likeness (QED) is 0.829. The molecule has 1 rings (SSSR count). The van der Waals surface area contributed by atoms with Crippen molar-refractivity contribution < 1.29 is 13.2 Å². The van der Waals surface area contributed by atoms with Crippen LogP contribution in [-0.2, 0) is 11.6 Å². The van der Waals surface area contributed by atoms with Crippen molar-refractivity contribution in [3.05, 3.63) is 34.9 Å². The lowest BCUT2D eigenvalue weighted by molar-refractivity contribution is -0.137. The minimum Gasteiger partial charge on any atom is -0.315 e. The van der Waals surface area contributed by atoms with Crippen molar-refractivity contribution in [3.63, 3.8) is 0 Å². The summed E-state index contributed by atoms with van der Waals surface area (Å²) in [6.45, 7) is 10.9. The van der Waals surface area contributed by atoms with Crippen molar-refractivity contribution in [2.75, 3.05) is 6.54 Å². The SMILES string of the molecule is Cc1cc(C(F)(F)F)ccc1C(C)(C)CCNC(C)C. The van der Waals surface area contributed by atoms with Crippen LogP contribution >= 0.6 is 0 Å². The van der Waals surface area contributed by atoms with Crippen molar-refractivity contribution in [2.24, 2.45) is 0 Å². The van der Waals surface area contributed by atoms with Gasteiger partial charge in [-0.2, -0.15) is 13.2 Å². The van der Waals surface area contributed by atoms with Crippen molar-refractivity contribution >= 4 is 0 Å². The Bertz CT molecular complexity index is 448. The van der Waals surface area contributed by atoms with Crippen LogP contribution in [0.4, 0.5) is 13.2 Å². The van der Waals surface area contributed by atoms with Crippen molar-refractivity contribution in [2.45, 2.75) is 58.7 Å². The highest BCUT2D eigenvalue weighted by molar-refractivity contribution is 5.37. The Labute approximate surface area is 119 Å². The first-order chi connectivity index (χ1) is 9.04. The van der Waals surface area contributed by atoms with Crippen molar-refractivity contribution in [1.82, 2.24) is 5.32 Å². The van der Waals surface area contributed by atoms with E-state index in [1.165, 1.54) is 12.1 Å². The maximum absolute atomic E-state index is 12.7. The molecule has 0 unspecified atom stereocenters. The monoisotopic (exact) mass is 287 g/mol. The Morgan fingerprint density at radius 2 is 1.75 bits per heavy atom. The number of aryl methyl sites for hydroxylation is 1. The fraction of sp³-hybridized carbons (Fsp3) is 0.625. The zero-order chi connectivity index (χ0) is 15.6. The molecular weight excluding hydrogens is 263 g/mol. The number of benzene rings is 1. The van der Waals surface area contributed by atoms with Crippen LogP contribution in [0, 0.1) is 6.92 Å². The third-order valence-electron chi connectivity index (χ3n) is 3.59. The van der Waals surface area contributed by atoms with Gasteiger partial charge in [0.05, 0.1) is 5.56 Å². The Hall–Kier alpha value is -1.03. The lowest BCUT2D eigenvalue weighted by Gasteiger charge is -2.28. The zero-order valence-electron chi connectivity index (χ0n) is 12.9. The molecule has 1 aromatic rings. The van der Waals surface area contributed by atoms with E-state index < -0.39 is 11.7 Å². The molecule has 1 nitrogen and oxygen atoms in total. The molecule has 0 radical (unpaired) electrons. The predicted molar refractivity (Wildman–Crippen MR) is 77.0 cm³/mol. The van der Waals surface area contributed by atoms with Gasteiger partial charge in [-0.05, 0) is 48.6 Å². The first-order valence-corrected chi connectivity index (χ1v) is 6.96. The molecule has 0 aliphatic carbocycles. The summed E-state index contributed by atoms with van der Waals surface area (Å²) in [7, 11) is 0. The molecule has 0 amide bonds. The lowest BCUT2D eigenvalue weighted by Crippen LogP contribution is -2.30. The van der Waals surface area contributed by atoms with Crippen LogP contribution in [0.1, 0.15) is 50.8 Å². The molecule has 0 fully saturated rings. The topological polar surface area (TPSA) is 12.0 Å². The summed E-state index contributed by atoms with van der Waals surface area (Å²) in [4.78, 5) is 0. The van der Waals surface area contributed by atoms with Crippen LogP contribution in [0.5, 0.6) is 0 Å².